The molecular formula is C13H20N2O2S. The molecule has 0 saturated carbocycles. The minimum absolute atomic E-state index is 0.378. The lowest BCUT2D eigenvalue weighted by Gasteiger charge is -2.36. The zero-order valence-electron chi connectivity index (χ0n) is 11.1. The zero-order valence-corrected chi connectivity index (χ0v) is 11.9. The number of aryl methyl sites for hydroxylation is 2. The highest BCUT2D eigenvalue weighted by molar-refractivity contribution is 7.92. The van der Waals surface area contributed by atoms with Gasteiger partial charge in [-0.1, -0.05) is 12.1 Å². The van der Waals surface area contributed by atoms with E-state index in [9.17, 15) is 8.42 Å². The molecule has 2 N–H and O–H groups in total. The topological polar surface area (TPSA) is 63.4 Å². The minimum Gasteiger partial charge on any atom is -0.368 e. The lowest BCUT2D eigenvalue weighted by atomic mass is 10.1. The molecule has 18 heavy (non-hydrogen) atoms. The van der Waals surface area contributed by atoms with Crippen molar-refractivity contribution in [3.05, 3.63) is 23.3 Å². The average molecular weight is 268 g/mol. The maximum absolute atomic E-state index is 12.5. The normalized spacial score (nSPS) is 21.8. The van der Waals surface area contributed by atoms with E-state index in [4.69, 9.17) is 5.73 Å². The Morgan fingerprint density at radius 3 is 2.56 bits per heavy atom. The van der Waals surface area contributed by atoms with Crippen molar-refractivity contribution in [2.24, 2.45) is 5.73 Å². The Labute approximate surface area is 109 Å². The maximum atomic E-state index is 12.5. The zero-order chi connectivity index (χ0) is 13.5. The number of benzene rings is 1. The highest BCUT2D eigenvalue weighted by Gasteiger charge is 2.36. The summed E-state index contributed by atoms with van der Waals surface area (Å²) in [5.41, 5.74) is 8.30. The fraction of sp³-hybridized carbons (Fsp3) is 0.538. The van der Waals surface area contributed by atoms with Gasteiger partial charge in [-0.3, -0.25) is 0 Å². The third-order valence-electron chi connectivity index (χ3n) is 3.54. The summed E-state index contributed by atoms with van der Waals surface area (Å²) >= 11 is 0. The van der Waals surface area contributed by atoms with Crippen LogP contribution in [0.1, 0.15) is 18.1 Å². The van der Waals surface area contributed by atoms with Crippen LogP contribution in [0.5, 0.6) is 0 Å². The summed E-state index contributed by atoms with van der Waals surface area (Å²) in [6.45, 7) is 7.32. The monoisotopic (exact) mass is 268 g/mol. The third kappa shape index (κ3) is 1.91. The molecule has 0 saturated heterocycles. The van der Waals surface area contributed by atoms with Crippen molar-refractivity contribution >= 4 is 15.5 Å². The second-order valence-corrected chi connectivity index (χ2v) is 7.27. The second kappa shape index (κ2) is 4.55. The van der Waals surface area contributed by atoms with Gasteiger partial charge < -0.3 is 10.6 Å². The van der Waals surface area contributed by atoms with Gasteiger partial charge in [0.05, 0.1) is 15.8 Å². The van der Waals surface area contributed by atoms with E-state index in [1.807, 2.05) is 26.0 Å². The summed E-state index contributed by atoms with van der Waals surface area (Å²) < 4.78 is 24.9. The van der Waals surface area contributed by atoms with Gasteiger partial charge in [-0.2, -0.15) is 0 Å². The maximum Gasteiger partial charge on any atom is 0.185 e. The molecule has 1 atom stereocenters. The fourth-order valence-corrected chi connectivity index (χ4v) is 4.44. The molecule has 1 aromatic rings. The van der Waals surface area contributed by atoms with E-state index in [1.165, 1.54) is 0 Å². The molecule has 4 nitrogen and oxygen atoms in total. The molecule has 0 bridgehead atoms. The lowest BCUT2D eigenvalue weighted by Crippen LogP contribution is -2.43. The van der Waals surface area contributed by atoms with E-state index in [2.05, 4.69) is 4.90 Å². The molecule has 0 fully saturated rings. The number of rotatable bonds is 2. The first kappa shape index (κ1) is 13.4. The van der Waals surface area contributed by atoms with Gasteiger partial charge in [-0.05, 0) is 31.9 Å². The molecule has 0 spiro atoms. The molecule has 1 unspecified atom stereocenters. The van der Waals surface area contributed by atoms with Crippen LogP contribution in [0.2, 0.25) is 0 Å². The molecule has 1 aliphatic heterocycles. The predicted molar refractivity (Wildman–Crippen MR) is 73.8 cm³/mol. The van der Waals surface area contributed by atoms with Crippen LogP contribution in [-0.2, 0) is 9.84 Å². The number of nitrogens with two attached hydrogens (primary N) is 1. The molecule has 1 aromatic carbocycles. The standard InChI is InChI=1S/C13H20N2O2S/c1-9-4-5-10(2)13-12(9)15(7-6-14)8-11(3)18(13,16)17/h4-5,11H,6-8,14H2,1-3H3. The average Bonchev–Trinajstić information content (AvgIpc) is 2.29. The Kier molecular flexibility index (Phi) is 3.38. The SMILES string of the molecule is Cc1ccc(C)c2c1N(CCN)CC(C)S2(=O)=O. The number of hydrogen-bond donors (Lipinski definition) is 1. The van der Waals surface area contributed by atoms with Crippen molar-refractivity contribution in [3.63, 3.8) is 0 Å². The number of sulfone groups is 1. The van der Waals surface area contributed by atoms with Crippen LogP contribution in [0.25, 0.3) is 0 Å². The molecule has 0 aromatic heterocycles. The fourth-order valence-electron chi connectivity index (χ4n) is 2.58. The van der Waals surface area contributed by atoms with Crippen molar-refractivity contribution in [2.45, 2.75) is 30.9 Å². The van der Waals surface area contributed by atoms with E-state index >= 15 is 0 Å². The minimum atomic E-state index is -3.21. The number of hydrogen-bond acceptors (Lipinski definition) is 4. The Morgan fingerprint density at radius 2 is 1.94 bits per heavy atom. The predicted octanol–water partition coefficient (Wildman–Crippen LogP) is 1.24. The first-order valence-electron chi connectivity index (χ1n) is 6.18. The highest BCUT2D eigenvalue weighted by atomic mass is 32.2. The largest absolute Gasteiger partial charge is 0.368 e. The van der Waals surface area contributed by atoms with Crippen LogP contribution in [0.3, 0.4) is 0 Å². The van der Waals surface area contributed by atoms with Crippen LogP contribution < -0.4 is 10.6 Å². The van der Waals surface area contributed by atoms with Crippen LogP contribution in [-0.4, -0.2) is 33.3 Å². The summed E-state index contributed by atoms with van der Waals surface area (Å²) in [5.74, 6) is 0. The molecule has 100 valence electrons. The number of anilines is 1. The van der Waals surface area contributed by atoms with Gasteiger partial charge in [0.2, 0.25) is 0 Å². The van der Waals surface area contributed by atoms with Crippen molar-refractivity contribution in [3.8, 4) is 0 Å². The third-order valence-corrected chi connectivity index (χ3v) is 5.83. The number of nitrogens with zero attached hydrogens (tertiary/aromatic N) is 1. The van der Waals surface area contributed by atoms with E-state index in [0.717, 1.165) is 16.8 Å². The summed E-state index contributed by atoms with van der Waals surface area (Å²) in [4.78, 5) is 2.60. The summed E-state index contributed by atoms with van der Waals surface area (Å²) in [6.07, 6.45) is 0. The molecule has 1 aliphatic rings. The lowest BCUT2D eigenvalue weighted by molar-refractivity contribution is 0.571. The van der Waals surface area contributed by atoms with Gasteiger partial charge in [0.15, 0.2) is 9.84 Å². The number of fused-ring (bicyclic) bond motifs is 1. The Hall–Kier alpha value is -1.07. The summed E-state index contributed by atoms with van der Waals surface area (Å²) in [7, 11) is -3.21. The van der Waals surface area contributed by atoms with E-state index in [1.54, 1.807) is 6.92 Å². The molecule has 0 amide bonds. The highest BCUT2D eigenvalue weighted by Crippen LogP contribution is 2.38. The molecule has 2 rings (SSSR count). The first-order valence-corrected chi connectivity index (χ1v) is 7.73. The summed E-state index contributed by atoms with van der Waals surface area (Å²) in [6, 6.07) is 3.85. The van der Waals surface area contributed by atoms with Gasteiger partial charge in [0, 0.05) is 19.6 Å². The van der Waals surface area contributed by atoms with Crippen molar-refractivity contribution < 1.29 is 8.42 Å². The van der Waals surface area contributed by atoms with Crippen molar-refractivity contribution in [1.29, 1.82) is 0 Å². The van der Waals surface area contributed by atoms with E-state index in [-0.39, 0.29) is 5.25 Å². The van der Waals surface area contributed by atoms with Crippen LogP contribution in [0.4, 0.5) is 5.69 Å². The quantitative estimate of drug-likeness (QED) is 0.876. The van der Waals surface area contributed by atoms with Crippen LogP contribution >= 0.6 is 0 Å². The Morgan fingerprint density at radius 1 is 1.33 bits per heavy atom. The molecular weight excluding hydrogens is 248 g/mol. The van der Waals surface area contributed by atoms with Crippen molar-refractivity contribution in [2.75, 3.05) is 24.5 Å². The van der Waals surface area contributed by atoms with E-state index in [0.29, 0.717) is 24.5 Å². The van der Waals surface area contributed by atoms with E-state index < -0.39 is 9.84 Å². The van der Waals surface area contributed by atoms with Crippen LogP contribution in [0.15, 0.2) is 17.0 Å². The van der Waals surface area contributed by atoms with Gasteiger partial charge in [0.1, 0.15) is 0 Å². The molecule has 5 heteroatoms. The van der Waals surface area contributed by atoms with Gasteiger partial charge in [-0.25, -0.2) is 8.42 Å². The Balaban J connectivity index is 2.72. The first-order chi connectivity index (χ1) is 8.39. The summed E-state index contributed by atoms with van der Waals surface area (Å²) in [5, 5.41) is -0.378. The van der Waals surface area contributed by atoms with Gasteiger partial charge in [-0.15, -0.1) is 0 Å². The molecule has 1 heterocycles. The smallest absolute Gasteiger partial charge is 0.185 e. The Bertz CT molecular complexity index is 567. The molecule has 0 aliphatic carbocycles. The van der Waals surface area contributed by atoms with Gasteiger partial charge in [0.25, 0.3) is 0 Å². The second-order valence-electron chi connectivity index (χ2n) is 4.97. The van der Waals surface area contributed by atoms with Crippen LogP contribution in [0, 0.1) is 13.8 Å². The van der Waals surface area contributed by atoms with Gasteiger partial charge >= 0.3 is 0 Å². The molecule has 0 radical (unpaired) electrons. The van der Waals surface area contributed by atoms with Crippen molar-refractivity contribution in [1.82, 2.24) is 0 Å².